The minimum atomic E-state index is -0.474. The van der Waals surface area contributed by atoms with Gasteiger partial charge in [0.1, 0.15) is 5.75 Å². The maximum Gasteiger partial charge on any atom is 0.395 e. The molecule has 0 aromatic heterocycles. The molecule has 0 atom stereocenters. The van der Waals surface area contributed by atoms with Crippen molar-refractivity contribution < 1.29 is 18.2 Å². The highest BCUT2D eigenvalue weighted by Gasteiger charge is 2.38. The minimum absolute atomic E-state index is 0.132. The highest BCUT2D eigenvalue weighted by atomic mass is 31.1. The summed E-state index contributed by atoms with van der Waals surface area (Å²) in [6, 6.07) is 36.2. The monoisotopic (exact) mass is 1030 g/mol. The molecular weight excluding hydrogens is 943 g/mol. The van der Waals surface area contributed by atoms with Crippen LogP contribution in [0.2, 0.25) is 0 Å². The molecule has 0 unspecified atom stereocenters. The summed E-state index contributed by atoms with van der Waals surface area (Å²) in [6.45, 7) is 54.9. The Labute approximate surface area is 451 Å². The normalized spacial score (nSPS) is 13.5. The molecule has 0 amide bonds. The number of benzene rings is 6. The van der Waals surface area contributed by atoms with Crippen molar-refractivity contribution in [2.24, 2.45) is 0 Å². The molecule has 0 aliphatic rings. The second-order valence-electron chi connectivity index (χ2n) is 29.1. The third-order valence-electron chi connectivity index (χ3n) is 14.7. The van der Waals surface area contributed by atoms with E-state index in [1.54, 1.807) is 0 Å². The quantitative estimate of drug-likeness (QED) is 0.135. The summed E-state index contributed by atoms with van der Waals surface area (Å²) in [5.41, 5.74) is 17.6. The topological polar surface area (TPSA) is 52.6 Å². The molecule has 0 heterocycles. The van der Waals surface area contributed by atoms with Gasteiger partial charge in [0.2, 0.25) is 0 Å². The first-order valence-electron chi connectivity index (χ1n) is 26.7. The van der Waals surface area contributed by atoms with Crippen LogP contribution in [0.25, 0.3) is 55.6 Å². The van der Waals surface area contributed by atoms with E-state index in [0.29, 0.717) is 11.5 Å². The lowest BCUT2D eigenvalue weighted by Gasteiger charge is -2.36. The van der Waals surface area contributed by atoms with Gasteiger partial charge in [-0.3, -0.25) is 0 Å². The van der Waals surface area contributed by atoms with Crippen LogP contribution in [0.1, 0.15) is 211 Å². The largest absolute Gasteiger partial charge is 0.408 e. The number of hydrogen-bond acceptors (Lipinski definition) is 4. The fourth-order valence-corrected chi connectivity index (χ4v) is 10.8. The van der Waals surface area contributed by atoms with Crippen molar-refractivity contribution in [3.63, 3.8) is 0 Å². The maximum absolute atomic E-state index is 14.0. The van der Waals surface area contributed by atoms with Crippen LogP contribution in [0.3, 0.4) is 0 Å². The van der Waals surface area contributed by atoms with Gasteiger partial charge in [-0.05, 0) is 133 Å². The molecule has 394 valence electrons. The molecule has 6 heteroatoms. The molecule has 0 spiro atoms. The van der Waals surface area contributed by atoms with Gasteiger partial charge in [-0.1, -0.05) is 251 Å². The van der Waals surface area contributed by atoms with E-state index in [1.807, 2.05) is 12.1 Å². The highest BCUT2D eigenvalue weighted by Crippen LogP contribution is 2.61. The van der Waals surface area contributed by atoms with Gasteiger partial charge in [0, 0.05) is 22.3 Å². The van der Waals surface area contributed by atoms with Gasteiger partial charge < -0.3 is 9.05 Å². The molecule has 0 radical (unpaired) electrons. The summed E-state index contributed by atoms with van der Waals surface area (Å²) >= 11 is 0. The van der Waals surface area contributed by atoms with Crippen molar-refractivity contribution in [3.8, 4) is 67.1 Å². The maximum atomic E-state index is 14.0. The summed E-state index contributed by atoms with van der Waals surface area (Å²) in [5.74, 6) is 1.05. The van der Waals surface area contributed by atoms with E-state index in [4.69, 9.17) is 9.05 Å². The Morgan fingerprint density at radius 3 is 0.770 bits per heavy atom. The molecule has 6 rings (SSSR count). The Morgan fingerprint density at radius 2 is 0.541 bits per heavy atom. The Hall–Kier alpha value is -4.88. The predicted molar refractivity (Wildman–Crippen MR) is 320 cm³/mol. The van der Waals surface area contributed by atoms with Crippen molar-refractivity contribution in [3.05, 3.63) is 142 Å². The Kier molecular flexibility index (Phi) is 16.0. The molecule has 0 fully saturated rings. The van der Waals surface area contributed by atoms with Gasteiger partial charge in [-0.15, -0.1) is 0 Å². The zero-order valence-corrected chi connectivity index (χ0v) is 51.6. The van der Waals surface area contributed by atoms with Crippen LogP contribution < -0.4 is 9.05 Å². The lowest BCUT2D eigenvalue weighted by atomic mass is 9.68. The Bertz CT molecular complexity index is 2900. The summed E-state index contributed by atoms with van der Waals surface area (Å²) in [4.78, 5) is 0. The van der Waals surface area contributed by atoms with Gasteiger partial charge in [-0.2, -0.15) is 0 Å². The molecule has 0 aliphatic carbocycles. The molecule has 0 aliphatic heterocycles. The standard InChI is InChI=1S/C68H88O4P2/c1-61(2,3)42-27-33-47(51(37-42)65(13,14)15)56-55(41-25-31-46(32-26-41)71-73-69)57(48-34-28-43(62(4,5)6)38-52(48)66(16,17)18)59(50-36-30-45(64(10,11)12)40-54(50)68(22,23)24)60(72-74-70)58(56)49-35-29-44(63(7,8)9)39-53(49)67(19,20)21/h25-40H,1-24H3. The van der Waals surface area contributed by atoms with Crippen LogP contribution in [-0.2, 0) is 52.5 Å². The zero-order chi connectivity index (χ0) is 55.7. The van der Waals surface area contributed by atoms with E-state index in [0.717, 1.165) is 66.8 Å². The van der Waals surface area contributed by atoms with E-state index >= 15 is 0 Å². The van der Waals surface area contributed by atoms with Crippen molar-refractivity contribution in [2.75, 3.05) is 0 Å². The lowest BCUT2D eigenvalue weighted by molar-refractivity contribution is 0.524. The van der Waals surface area contributed by atoms with E-state index in [-0.39, 0.29) is 43.3 Å². The number of rotatable bonds is 9. The molecule has 6 aromatic carbocycles. The van der Waals surface area contributed by atoms with Crippen LogP contribution in [0.5, 0.6) is 11.5 Å². The lowest BCUT2D eigenvalue weighted by Crippen LogP contribution is -2.20. The zero-order valence-electron chi connectivity index (χ0n) is 49.8. The molecule has 6 aromatic rings. The number of hydrogen-bond donors (Lipinski definition) is 0. The van der Waals surface area contributed by atoms with Crippen LogP contribution in [0.15, 0.2) is 97.1 Å². The van der Waals surface area contributed by atoms with Gasteiger partial charge in [-0.25, -0.2) is 9.13 Å². The Morgan fingerprint density at radius 1 is 0.284 bits per heavy atom. The highest BCUT2D eigenvalue weighted by molar-refractivity contribution is 7.18. The summed E-state index contributed by atoms with van der Waals surface area (Å²) in [5, 5.41) is 0. The van der Waals surface area contributed by atoms with E-state index < -0.39 is 17.4 Å². The average molecular weight is 1030 g/mol. The van der Waals surface area contributed by atoms with E-state index in [1.165, 1.54) is 33.4 Å². The van der Waals surface area contributed by atoms with Gasteiger partial charge in [0.25, 0.3) is 0 Å². The molecule has 0 bridgehead atoms. The third kappa shape index (κ3) is 12.2. The fraction of sp³-hybridized carbons (Fsp3) is 0.471. The third-order valence-corrected chi connectivity index (χ3v) is 15.3. The van der Waals surface area contributed by atoms with Crippen molar-refractivity contribution in [1.29, 1.82) is 0 Å². The van der Waals surface area contributed by atoms with Crippen molar-refractivity contribution in [2.45, 2.75) is 209 Å². The van der Waals surface area contributed by atoms with Crippen LogP contribution >= 0.6 is 17.4 Å². The fourth-order valence-electron chi connectivity index (χ4n) is 10.3. The summed E-state index contributed by atoms with van der Waals surface area (Å²) in [7, 11) is -0.899. The molecule has 4 nitrogen and oxygen atoms in total. The SMILES string of the molecule is CC(C)(C)c1ccc(-c2c(OP=O)c(-c3ccc(C(C)(C)C)cc3C(C)(C)C)c(-c3ccc(C(C)(C)C)cc3C(C)(C)C)c(-c3ccc(OP=O)cc3)c2-c2ccc(C(C)(C)C)cc2C(C)(C)C)c(C(C)(C)C)c1. The first-order valence-corrected chi connectivity index (χ1v) is 28.1. The second-order valence-corrected chi connectivity index (χ2v) is 29.8. The van der Waals surface area contributed by atoms with Crippen molar-refractivity contribution in [1.82, 2.24) is 0 Å². The van der Waals surface area contributed by atoms with Crippen LogP contribution in [-0.4, -0.2) is 0 Å². The van der Waals surface area contributed by atoms with Gasteiger partial charge in [0.15, 0.2) is 5.75 Å². The molecular formula is C68H88O4P2. The molecule has 0 saturated heterocycles. The molecule has 0 saturated carbocycles. The Balaban J connectivity index is 2.20. The van der Waals surface area contributed by atoms with Crippen molar-refractivity contribution >= 4 is 17.4 Å². The van der Waals surface area contributed by atoms with Crippen LogP contribution in [0, 0.1) is 0 Å². The minimum Gasteiger partial charge on any atom is -0.408 e. The summed E-state index contributed by atoms with van der Waals surface area (Å²) in [6.07, 6.45) is 0. The predicted octanol–water partition coefficient (Wildman–Crippen LogP) is 21.6. The molecule has 0 N–H and O–H groups in total. The first kappa shape index (κ1) is 58.4. The molecule has 74 heavy (non-hydrogen) atoms. The second kappa shape index (κ2) is 20.2. The van der Waals surface area contributed by atoms with E-state index in [9.17, 15) is 9.13 Å². The average Bonchev–Trinajstić information content (AvgIpc) is 3.26. The smallest absolute Gasteiger partial charge is 0.395 e. The van der Waals surface area contributed by atoms with Crippen LogP contribution in [0.4, 0.5) is 0 Å². The van der Waals surface area contributed by atoms with E-state index in [2.05, 4.69) is 251 Å². The first-order chi connectivity index (χ1) is 33.7. The van der Waals surface area contributed by atoms with Gasteiger partial charge >= 0.3 is 17.4 Å². The van der Waals surface area contributed by atoms with Gasteiger partial charge in [0.05, 0.1) is 0 Å². The summed E-state index contributed by atoms with van der Waals surface area (Å²) < 4.78 is 38.7.